The van der Waals surface area contributed by atoms with Crippen molar-refractivity contribution in [1.82, 2.24) is 19.1 Å². The predicted octanol–water partition coefficient (Wildman–Crippen LogP) is 0.750. The summed E-state index contributed by atoms with van der Waals surface area (Å²) in [5, 5.41) is 0. The van der Waals surface area contributed by atoms with Gasteiger partial charge in [0.1, 0.15) is 11.6 Å². The van der Waals surface area contributed by atoms with Gasteiger partial charge in [0.25, 0.3) is 5.56 Å². The number of aromatic amines is 1. The van der Waals surface area contributed by atoms with E-state index in [4.69, 9.17) is 0 Å². The zero-order valence-corrected chi connectivity index (χ0v) is 10.9. The maximum absolute atomic E-state index is 13.2. The van der Waals surface area contributed by atoms with Crippen LogP contribution >= 0.6 is 0 Å². The van der Waals surface area contributed by atoms with Gasteiger partial charge in [0.15, 0.2) is 11.2 Å². The van der Waals surface area contributed by atoms with E-state index in [-0.39, 0.29) is 17.7 Å². The van der Waals surface area contributed by atoms with Crippen LogP contribution < -0.4 is 11.2 Å². The lowest BCUT2D eigenvalue weighted by Crippen LogP contribution is -2.29. The second-order valence-corrected chi connectivity index (χ2v) is 4.64. The number of H-pyrrole nitrogens is 1. The van der Waals surface area contributed by atoms with Crippen molar-refractivity contribution in [1.29, 1.82) is 0 Å². The Hall–Kier alpha value is -2.77. The minimum Gasteiger partial charge on any atom is -0.320 e. The third-order valence-corrected chi connectivity index (χ3v) is 3.15. The first kappa shape index (κ1) is 13.2. The third kappa shape index (κ3) is 2.24. The molecule has 8 heteroatoms. The standard InChI is InChI=1S/C13H10F2N4O2/c1-18-11-10(12(20)17-13(18)21)19(6-16-11)5-7-2-8(14)4-9(15)3-7/h2-4,6H,5H2,1H3,(H,17,20,21). The lowest BCUT2D eigenvalue weighted by atomic mass is 10.2. The number of fused-ring (bicyclic) bond motifs is 1. The maximum atomic E-state index is 13.2. The summed E-state index contributed by atoms with van der Waals surface area (Å²) < 4.78 is 29.0. The highest BCUT2D eigenvalue weighted by Gasteiger charge is 2.12. The Morgan fingerprint density at radius 3 is 2.52 bits per heavy atom. The zero-order valence-electron chi connectivity index (χ0n) is 10.9. The molecule has 2 aromatic heterocycles. The molecular formula is C13H10F2N4O2. The van der Waals surface area contributed by atoms with Crippen LogP contribution in [0, 0.1) is 11.6 Å². The number of hydrogen-bond donors (Lipinski definition) is 1. The molecule has 1 N–H and O–H groups in total. The van der Waals surface area contributed by atoms with Gasteiger partial charge in [-0.15, -0.1) is 0 Å². The summed E-state index contributed by atoms with van der Waals surface area (Å²) in [6, 6.07) is 3.11. The Kier molecular flexibility index (Phi) is 2.93. The number of nitrogens with one attached hydrogen (secondary N) is 1. The predicted molar refractivity (Wildman–Crippen MR) is 71.1 cm³/mol. The molecule has 0 radical (unpaired) electrons. The first-order valence-electron chi connectivity index (χ1n) is 6.05. The molecule has 3 rings (SSSR count). The molecule has 21 heavy (non-hydrogen) atoms. The molecule has 0 bridgehead atoms. The topological polar surface area (TPSA) is 72.7 Å². The van der Waals surface area contributed by atoms with Crippen molar-refractivity contribution in [3.63, 3.8) is 0 Å². The molecule has 0 spiro atoms. The molecule has 3 aromatic rings. The highest BCUT2D eigenvalue weighted by Crippen LogP contribution is 2.12. The van der Waals surface area contributed by atoms with Gasteiger partial charge in [-0.25, -0.2) is 18.6 Å². The minimum absolute atomic E-state index is 0.0620. The SMILES string of the molecule is Cn1c(=O)[nH]c(=O)c2c1ncn2Cc1cc(F)cc(F)c1. The second kappa shape index (κ2) is 4.65. The molecule has 1 aromatic carbocycles. The summed E-state index contributed by atoms with van der Waals surface area (Å²) in [6.07, 6.45) is 1.35. The van der Waals surface area contributed by atoms with Crippen molar-refractivity contribution >= 4 is 11.2 Å². The highest BCUT2D eigenvalue weighted by atomic mass is 19.1. The fourth-order valence-electron chi connectivity index (χ4n) is 2.20. The van der Waals surface area contributed by atoms with Gasteiger partial charge >= 0.3 is 5.69 Å². The Balaban J connectivity index is 2.16. The third-order valence-electron chi connectivity index (χ3n) is 3.15. The first-order valence-corrected chi connectivity index (χ1v) is 6.05. The van der Waals surface area contributed by atoms with Crippen LogP contribution in [0.2, 0.25) is 0 Å². The Morgan fingerprint density at radius 1 is 1.19 bits per heavy atom. The van der Waals surface area contributed by atoms with E-state index in [0.717, 1.165) is 6.07 Å². The molecule has 108 valence electrons. The summed E-state index contributed by atoms with van der Waals surface area (Å²) in [4.78, 5) is 29.5. The van der Waals surface area contributed by atoms with Gasteiger partial charge in [0, 0.05) is 19.7 Å². The summed E-state index contributed by atoms with van der Waals surface area (Å²) >= 11 is 0. The number of aryl methyl sites for hydroxylation is 1. The smallest absolute Gasteiger partial charge is 0.320 e. The number of benzene rings is 1. The van der Waals surface area contributed by atoms with Crippen LogP contribution in [0.25, 0.3) is 11.2 Å². The lowest BCUT2D eigenvalue weighted by molar-refractivity contribution is 0.578. The average Bonchev–Trinajstić information content (AvgIpc) is 2.79. The quantitative estimate of drug-likeness (QED) is 0.757. The first-order chi connectivity index (χ1) is 9.95. The van der Waals surface area contributed by atoms with E-state index in [1.54, 1.807) is 0 Å². The number of aromatic nitrogens is 4. The average molecular weight is 292 g/mol. The summed E-state index contributed by atoms with van der Waals surface area (Å²) in [6.45, 7) is 0.0620. The fraction of sp³-hybridized carbons (Fsp3) is 0.154. The van der Waals surface area contributed by atoms with Crippen LogP contribution in [0.3, 0.4) is 0 Å². The molecule has 0 fully saturated rings. The van der Waals surface area contributed by atoms with Gasteiger partial charge in [-0.3, -0.25) is 14.3 Å². The van der Waals surface area contributed by atoms with Crippen LogP contribution in [-0.2, 0) is 13.6 Å². The van der Waals surface area contributed by atoms with E-state index in [2.05, 4.69) is 9.97 Å². The van der Waals surface area contributed by atoms with Gasteiger partial charge in [0.2, 0.25) is 0 Å². The molecule has 0 aliphatic rings. The molecule has 0 aliphatic carbocycles. The van der Waals surface area contributed by atoms with Gasteiger partial charge in [-0.1, -0.05) is 0 Å². The number of halogens is 2. The minimum atomic E-state index is -0.698. The molecule has 6 nitrogen and oxygen atoms in total. The molecule has 0 aliphatic heterocycles. The van der Waals surface area contributed by atoms with Crippen molar-refractivity contribution in [2.24, 2.45) is 7.05 Å². The van der Waals surface area contributed by atoms with E-state index in [9.17, 15) is 18.4 Å². The lowest BCUT2D eigenvalue weighted by Gasteiger charge is -2.05. The monoisotopic (exact) mass is 292 g/mol. The molecular weight excluding hydrogens is 282 g/mol. The van der Waals surface area contributed by atoms with Crippen molar-refractivity contribution in [2.45, 2.75) is 6.54 Å². The number of imidazole rings is 1. The van der Waals surface area contributed by atoms with E-state index >= 15 is 0 Å². The number of hydrogen-bond acceptors (Lipinski definition) is 3. The van der Waals surface area contributed by atoms with Gasteiger partial charge in [-0.05, 0) is 17.7 Å². The van der Waals surface area contributed by atoms with Crippen LogP contribution in [0.1, 0.15) is 5.56 Å². The Morgan fingerprint density at radius 2 is 1.86 bits per heavy atom. The largest absolute Gasteiger partial charge is 0.329 e. The van der Waals surface area contributed by atoms with Crippen molar-refractivity contribution in [2.75, 3.05) is 0 Å². The van der Waals surface area contributed by atoms with Crippen molar-refractivity contribution in [3.8, 4) is 0 Å². The van der Waals surface area contributed by atoms with Crippen LogP contribution in [-0.4, -0.2) is 19.1 Å². The summed E-state index contributed by atoms with van der Waals surface area (Å²) in [7, 11) is 1.47. The molecule has 0 unspecified atom stereocenters. The van der Waals surface area contributed by atoms with Crippen LogP contribution in [0.4, 0.5) is 8.78 Å². The Bertz CT molecular complexity index is 935. The normalized spacial score (nSPS) is 11.2. The number of rotatable bonds is 2. The van der Waals surface area contributed by atoms with E-state index in [1.807, 2.05) is 0 Å². The highest BCUT2D eigenvalue weighted by molar-refractivity contribution is 5.69. The van der Waals surface area contributed by atoms with E-state index in [1.165, 1.54) is 34.6 Å². The summed E-state index contributed by atoms with van der Waals surface area (Å²) in [5.41, 5.74) is -0.445. The summed E-state index contributed by atoms with van der Waals surface area (Å²) in [5.74, 6) is -1.40. The van der Waals surface area contributed by atoms with Crippen molar-refractivity contribution < 1.29 is 8.78 Å². The zero-order chi connectivity index (χ0) is 15.1. The molecule has 0 saturated carbocycles. The molecule has 0 amide bonds. The Labute approximate surface area is 116 Å². The van der Waals surface area contributed by atoms with Crippen LogP contribution in [0.5, 0.6) is 0 Å². The number of nitrogens with zero attached hydrogens (tertiary/aromatic N) is 3. The van der Waals surface area contributed by atoms with E-state index in [0.29, 0.717) is 5.56 Å². The van der Waals surface area contributed by atoms with Crippen LogP contribution in [0.15, 0.2) is 34.1 Å². The van der Waals surface area contributed by atoms with Gasteiger partial charge in [0.05, 0.1) is 6.33 Å². The fourth-order valence-corrected chi connectivity index (χ4v) is 2.20. The van der Waals surface area contributed by atoms with Gasteiger partial charge in [-0.2, -0.15) is 0 Å². The second-order valence-electron chi connectivity index (χ2n) is 4.64. The molecule has 0 atom stereocenters. The van der Waals surface area contributed by atoms with E-state index < -0.39 is 22.9 Å². The molecule has 0 saturated heterocycles. The molecule has 2 heterocycles. The van der Waals surface area contributed by atoms with Crippen molar-refractivity contribution in [3.05, 3.63) is 62.6 Å². The maximum Gasteiger partial charge on any atom is 0.329 e. The van der Waals surface area contributed by atoms with Gasteiger partial charge < -0.3 is 4.57 Å².